The first-order chi connectivity index (χ1) is 14.6. The van der Waals surface area contributed by atoms with Crippen molar-refractivity contribution in [2.75, 3.05) is 11.4 Å². The Hall–Kier alpha value is -2.14. The first-order valence-electron chi connectivity index (χ1n) is 10.5. The van der Waals surface area contributed by atoms with E-state index in [0.717, 1.165) is 49.5 Å². The lowest BCUT2D eigenvalue weighted by atomic mass is 9.85. The van der Waals surface area contributed by atoms with Crippen LogP contribution in [0.3, 0.4) is 0 Å². The van der Waals surface area contributed by atoms with Gasteiger partial charge in [-0.05, 0) is 37.8 Å². The molecule has 0 bridgehead atoms. The molecule has 2 aromatic heterocycles. The first-order valence-corrected chi connectivity index (χ1v) is 11.8. The fourth-order valence-corrected chi connectivity index (χ4v) is 4.85. The average molecular weight is 519 g/mol. The minimum absolute atomic E-state index is 0.0206. The lowest BCUT2D eigenvalue weighted by molar-refractivity contribution is 0.332. The third kappa shape index (κ3) is 3.58. The van der Waals surface area contributed by atoms with Gasteiger partial charge in [0.15, 0.2) is 0 Å². The zero-order chi connectivity index (χ0) is 20.7. The largest absolute Gasteiger partial charge is 0.408 e. The number of aromatic amines is 1. The van der Waals surface area contributed by atoms with Gasteiger partial charge in [0.25, 0.3) is 0 Å². The fraction of sp³-hybridized carbons (Fsp3) is 0.476. The van der Waals surface area contributed by atoms with E-state index in [1.807, 2.05) is 12.3 Å². The highest BCUT2D eigenvalue weighted by molar-refractivity contribution is 14.1. The van der Waals surface area contributed by atoms with E-state index in [0.29, 0.717) is 15.9 Å². The summed E-state index contributed by atoms with van der Waals surface area (Å²) in [5.41, 5.74) is 4.47. The maximum atomic E-state index is 6.26. The van der Waals surface area contributed by atoms with Crippen molar-refractivity contribution in [2.24, 2.45) is 5.84 Å². The number of hydrogen-bond donors (Lipinski definition) is 2. The number of H-pyrrole nitrogens is 1. The van der Waals surface area contributed by atoms with Gasteiger partial charge in [0.2, 0.25) is 5.89 Å². The first kappa shape index (κ1) is 19.8. The number of alkyl halides is 1. The third-order valence-electron chi connectivity index (χ3n) is 6.24. The molecule has 3 N–H and O–H groups in total. The van der Waals surface area contributed by atoms with Gasteiger partial charge in [-0.15, -0.1) is 5.10 Å². The number of allylic oxidation sites excluding steroid dienone is 3. The number of nitrogens with one attached hydrogen (secondary N) is 1. The van der Waals surface area contributed by atoms with E-state index in [4.69, 9.17) is 10.3 Å². The minimum atomic E-state index is 0.0206. The molecule has 0 saturated heterocycles. The van der Waals surface area contributed by atoms with E-state index < -0.39 is 0 Å². The molecule has 4 heterocycles. The van der Waals surface area contributed by atoms with Crippen molar-refractivity contribution < 1.29 is 4.42 Å². The summed E-state index contributed by atoms with van der Waals surface area (Å²) in [6, 6.07) is 0.618. The van der Waals surface area contributed by atoms with Crippen LogP contribution in [0.4, 0.5) is 6.01 Å². The zero-order valence-electron chi connectivity index (χ0n) is 17.0. The van der Waals surface area contributed by atoms with Crippen molar-refractivity contribution in [3.63, 3.8) is 0 Å². The summed E-state index contributed by atoms with van der Waals surface area (Å²) < 4.78 is 6.46. The second kappa shape index (κ2) is 8.18. The van der Waals surface area contributed by atoms with Crippen LogP contribution in [-0.4, -0.2) is 35.6 Å². The normalized spacial score (nSPS) is 24.0. The van der Waals surface area contributed by atoms with Crippen LogP contribution in [0.5, 0.6) is 0 Å². The van der Waals surface area contributed by atoms with Crippen molar-refractivity contribution in [3.8, 4) is 0 Å². The van der Waals surface area contributed by atoms with Crippen LogP contribution in [0.1, 0.15) is 61.8 Å². The Balaban J connectivity index is 1.45. The minimum Gasteiger partial charge on any atom is -0.408 e. The molecule has 1 saturated carbocycles. The monoisotopic (exact) mass is 519 g/mol. The number of imidazole rings is 1. The molecule has 3 aliphatic rings. The molecule has 30 heavy (non-hydrogen) atoms. The molecule has 158 valence electrons. The van der Waals surface area contributed by atoms with Gasteiger partial charge in [-0.25, -0.2) is 10.8 Å². The number of fused-ring (bicyclic) bond motifs is 1. The number of nitrogens with two attached hydrogens (primary N) is 1. The lowest BCUT2D eigenvalue weighted by Gasteiger charge is -2.33. The molecule has 0 aromatic carbocycles. The number of rotatable bonds is 5. The van der Waals surface area contributed by atoms with Crippen LogP contribution in [-0.2, 0) is 6.42 Å². The summed E-state index contributed by atoms with van der Waals surface area (Å²) in [5, 5.41) is 10.4. The van der Waals surface area contributed by atoms with Crippen LogP contribution in [0, 0.1) is 0 Å². The predicted molar refractivity (Wildman–Crippen MR) is 123 cm³/mol. The standard InChI is InChI=1S/C21H26IN7O/c1-13(22)15-6-3-10-29(23)17(15)7-8-18-19-16(24-12-25-19)9-11-28(18)21-27-26-20(30-21)14-4-2-5-14/h3,6-7,10,12-14,18H,2,4-5,8-9,11,23H2,1H3,(H,24,25)/b17-7-/t13?,18-/m0/s1. The van der Waals surface area contributed by atoms with Crippen LogP contribution in [0.15, 0.2) is 46.4 Å². The van der Waals surface area contributed by atoms with Crippen LogP contribution in [0.25, 0.3) is 0 Å². The topological polar surface area (TPSA) is 100 Å². The van der Waals surface area contributed by atoms with Gasteiger partial charge in [-0.1, -0.05) is 46.3 Å². The van der Waals surface area contributed by atoms with Gasteiger partial charge in [0.05, 0.1) is 23.8 Å². The maximum Gasteiger partial charge on any atom is 0.318 e. The smallest absolute Gasteiger partial charge is 0.318 e. The molecule has 1 fully saturated rings. The molecule has 0 spiro atoms. The molecular weight excluding hydrogens is 493 g/mol. The van der Waals surface area contributed by atoms with E-state index in [9.17, 15) is 0 Å². The molecule has 8 nitrogen and oxygen atoms in total. The summed E-state index contributed by atoms with van der Waals surface area (Å²) in [6.07, 6.45) is 15.1. The van der Waals surface area contributed by atoms with Gasteiger partial charge in [0.1, 0.15) is 0 Å². The number of nitrogens with zero attached hydrogens (tertiary/aromatic N) is 5. The number of halogens is 1. The molecule has 0 amide bonds. The van der Waals surface area contributed by atoms with Crippen molar-refractivity contribution >= 4 is 28.6 Å². The van der Waals surface area contributed by atoms with Crippen LogP contribution in [0.2, 0.25) is 0 Å². The van der Waals surface area contributed by atoms with Crippen molar-refractivity contribution in [3.05, 3.63) is 59.3 Å². The van der Waals surface area contributed by atoms with Gasteiger partial charge < -0.3 is 14.3 Å². The number of hydrazine groups is 1. The molecule has 1 aliphatic carbocycles. The summed E-state index contributed by atoms with van der Waals surface area (Å²) in [4.78, 5) is 10.1. The maximum absolute atomic E-state index is 6.26. The van der Waals surface area contributed by atoms with E-state index >= 15 is 0 Å². The van der Waals surface area contributed by atoms with Gasteiger partial charge in [-0.2, -0.15) is 0 Å². The Morgan fingerprint density at radius 3 is 3.03 bits per heavy atom. The number of hydrogen-bond acceptors (Lipinski definition) is 7. The molecule has 9 heteroatoms. The Morgan fingerprint density at radius 1 is 1.40 bits per heavy atom. The number of anilines is 1. The third-order valence-corrected chi connectivity index (χ3v) is 6.91. The molecular formula is C21H26IN7O. The lowest BCUT2D eigenvalue weighted by Crippen LogP contribution is -2.36. The van der Waals surface area contributed by atoms with Gasteiger partial charge >= 0.3 is 6.01 Å². The SMILES string of the molecule is CC(I)C1=CC=CN(N)/C1=C\C[C@H]1c2nc[nH]c2CCN1c1nnc(C2CCC2)o1. The Morgan fingerprint density at radius 2 is 2.27 bits per heavy atom. The quantitative estimate of drug-likeness (QED) is 0.351. The second-order valence-corrected chi connectivity index (χ2v) is 9.96. The van der Waals surface area contributed by atoms with Gasteiger partial charge in [0, 0.05) is 34.7 Å². The van der Waals surface area contributed by atoms with Crippen LogP contribution < -0.4 is 10.7 Å². The molecule has 5 rings (SSSR count). The summed E-state index contributed by atoms with van der Waals surface area (Å²) in [7, 11) is 0. The fourth-order valence-electron chi connectivity index (χ4n) is 4.32. The van der Waals surface area contributed by atoms with Crippen LogP contribution >= 0.6 is 22.6 Å². The van der Waals surface area contributed by atoms with E-state index in [1.54, 1.807) is 11.3 Å². The van der Waals surface area contributed by atoms with Crippen molar-refractivity contribution in [2.45, 2.75) is 54.9 Å². The number of aromatic nitrogens is 4. The zero-order valence-corrected chi connectivity index (χ0v) is 19.1. The van der Waals surface area contributed by atoms with E-state index in [-0.39, 0.29) is 6.04 Å². The van der Waals surface area contributed by atoms with E-state index in [1.165, 1.54) is 17.7 Å². The molecule has 0 radical (unpaired) electrons. The average Bonchev–Trinajstić information content (AvgIpc) is 3.35. The molecule has 2 aromatic rings. The summed E-state index contributed by atoms with van der Waals surface area (Å²) in [5.74, 6) is 7.46. The summed E-state index contributed by atoms with van der Waals surface area (Å²) in [6.45, 7) is 2.99. The highest BCUT2D eigenvalue weighted by atomic mass is 127. The predicted octanol–water partition coefficient (Wildman–Crippen LogP) is 3.89. The second-order valence-electron chi connectivity index (χ2n) is 8.09. The van der Waals surface area contributed by atoms with E-state index in [2.05, 4.69) is 66.7 Å². The Bertz CT molecular complexity index is 1000. The Labute approximate surface area is 189 Å². The highest BCUT2D eigenvalue weighted by Crippen LogP contribution is 2.39. The molecule has 2 atom stereocenters. The molecule has 2 aliphatic heterocycles. The van der Waals surface area contributed by atoms with Crippen molar-refractivity contribution in [1.29, 1.82) is 0 Å². The molecule has 1 unspecified atom stereocenters. The van der Waals surface area contributed by atoms with Gasteiger partial charge in [-0.3, -0.25) is 5.01 Å². The highest BCUT2D eigenvalue weighted by Gasteiger charge is 2.34. The van der Waals surface area contributed by atoms with Crippen molar-refractivity contribution in [1.82, 2.24) is 25.2 Å². The Kier molecular flexibility index (Phi) is 5.40. The summed E-state index contributed by atoms with van der Waals surface area (Å²) >= 11 is 2.43.